The van der Waals surface area contributed by atoms with Gasteiger partial charge in [0.25, 0.3) is 11.6 Å². The topological polar surface area (TPSA) is 111 Å². The summed E-state index contributed by atoms with van der Waals surface area (Å²) in [5.41, 5.74) is 4.22. The van der Waals surface area contributed by atoms with Crippen LogP contribution < -0.4 is 10.2 Å². The molecule has 0 saturated carbocycles. The summed E-state index contributed by atoms with van der Waals surface area (Å²) in [5.74, 6) is -0.959. The largest absolute Gasteiger partial charge is 0.422 e. The lowest BCUT2D eigenvalue weighted by atomic mass is 10.1. The predicted octanol–water partition coefficient (Wildman–Crippen LogP) is 4.54. The molecule has 0 unspecified atom stereocenters. The second-order valence-corrected chi connectivity index (χ2v) is 6.88. The highest BCUT2D eigenvalue weighted by Gasteiger charge is 2.14. The Morgan fingerprint density at radius 2 is 1.68 bits per heavy atom. The van der Waals surface area contributed by atoms with E-state index in [1.165, 1.54) is 48.7 Å². The van der Waals surface area contributed by atoms with E-state index in [0.717, 1.165) is 5.56 Å². The van der Waals surface area contributed by atoms with Crippen molar-refractivity contribution in [2.45, 2.75) is 6.92 Å². The number of amides is 1. The second-order valence-electron chi connectivity index (χ2n) is 6.44. The second kappa shape index (κ2) is 9.64. The Morgan fingerprint density at radius 3 is 2.32 bits per heavy atom. The molecule has 0 aliphatic carbocycles. The number of nitrogens with zero attached hydrogens (tertiary/aromatic N) is 2. The molecule has 0 heterocycles. The molecular formula is C22H16ClN3O5. The third kappa shape index (κ3) is 5.74. The number of non-ortho nitro benzene ring substituents is 1. The zero-order valence-electron chi connectivity index (χ0n) is 16.2. The van der Waals surface area contributed by atoms with Crippen LogP contribution in [-0.2, 0) is 0 Å². The molecule has 8 nitrogen and oxygen atoms in total. The van der Waals surface area contributed by atoms with Crippen LogP contribution in [0.3, 0.4) is 0 Å². The zero-order valence-corrected chi connectivity index (χ0v) is 17.0. The van der Waals surface area contributed by atoms with Gasteiger partial charge in [-0.15, -0.1) is 0 Å². The van der Waals surface area contributed by atoms with Gasteiger partial charge in [0.05, 0.1) is 16.7 Å². The third-order valence-electron chi connectivity index (χ3n) is 4.17. The van der Waals surface area contributed by atoms with Gasteiger partial charge in [-0.2, -0.15) is 5.10 Å². The molecule has 31 heavy (non-hydrogen) atoms. The number of hydrogen-bond donors (Lipinski definition) is 1. The first-order chi connectivity index (χ1) is 14.8. The molecule has 0 atom stereocenters. The lowest BCUT2D eigenvalue weighted by Gasteiger charge is -2.08. The molecule has 3 rings (SSSR count). The summed E-state index contributed by atoms with van der Waals surface area (Å²) in [6.45, 7) is 1.92. The Kier molecular flexibility index (Phi) is 6.74. The fraction of sp³-hybridized carbons (Fsp3) is 0.0455. The number of hydrazone groups is 1. The maximum absolute atomic E-state index is 12.4. The fourth-order valence-electron chi connectivity index (χ4n) is 2.52. The number of hydrogen-bond acceptors (Lipinski definition) is 6. The molecule has 0 radical (unpaired) electrons. The van der Waals surface area contributed by atoms with Crippen LogP contribution in [0.25, 0.3) is 0 Å². The molecule has 1 amide bonds. The van der Waals surface area contributed by atoms with E-state index in [4.69, 9.17) is 16.3 Å². The summed E-state index contributed by atoms with van der Waals surface area (Å²) in [7, 11) is 0. The summed E-state index contributed by atoms with van der Waals surface area (Å²) in [6, 6.07) is 16.5. The Balaban J connectivity index is 1.73. The minimum absolute atomic E-state index is 0.135. The SMILES string of the molecule is Cc1ccc(C(=O)N/N=C/c2cc(Cl)ccc2OC(=O)c2ccc([N+](=O)[O-])cc2)cc1. The standard InChI is InChI=1S/C22H16ClN3O5/c1-14-2-4-15(5-3-14)21(27)25-24-13-17-12-18(23)8-11-20(17)31-22(28)16-6-9-19(10-7-16)26(29)30/h2-13H,1H3,(H,25,27)/b24-13+. The van der Waals surface area contributed by atoms with Crippen LogP contribution in [0.4, 0.5) is 5.69 Å². The van der Waals surface area contributed by atoms with Crippen molar-refractivity contribution < 1.29 is 19.2 Å². The van der Waals surface area contributed by atoms with Crippen molar-refractivity contribution in [3.05, 3.63) is 104 Å². The first kappa shape index (κ1) is 21.7. The number of ether oxygens (including phenoxy) is 1. The van der Waals surface area contributed by atoms with Gasteiger partial charge in [-0.05, 0) is 49.4 Å². The maximum Gasteiger partial charge on any atom is 0.343 e. The van der Waals surface area contributed by atoms with Gasteiger partial charge >= 0.3 is 5.97 Å². The average Bonchev–Trinajstić information content (AvgIpc) is 2.76. The smallest absolute Gasteiger partial charge is 0.343 e. The van der Waals surface area contributed by atoms with Crippen LogP contribution in [-0.4, -0.2) is 23.0 Å². The summed E-state index contributed by atoms with van der Waals surface area (Å²) in [4.78, 5) is 34.7. The highest BCUT2D eigenvalue weighted by atomic mass is 35.5. The number of nitro benzene ring substituents is 1. The van der Waals surface area contributed by atoms with Gasteiger partial charge in [0, 0.05) is 28.3 Å². The average molecular weight is 438 g/mol. The molecule has 1 N–H and O–H groups in total. The number of carbonyl (C=O) groups excluding carboxylic acids is 2. The summed E-state index contributed by atoms with van der Waals surface area (Å²) < 4.78 is 5.37. The minimum Gasteiger partial charge on any atom is -0.422 e. The van der Waals surface area contributed by atoms with Crippen LogP contribution >= 0.6 is 11.6 Å². The molecule has 0 aliphatic heterocycles. The first-order valence-electron chi connectivity index (χ1n) is 9.00. The zero-order chi connectivity index (χ0) is 22.4. The number of rotatable bonds is 6. The van der Waals surface area contributed by atoms with Crippen molar-refractivity contribution in [2.75, 3.05) is 0 Å². The molecule has 0 bridgehead atoms. The van der Waals surface area contributed by atoms with Crippen molar-refractivity contribution >= 4 is 35.4 Å². The van der Waals surface area contributed by atoms with Crippen LogP contribution in [0.15, 0.2) is 71.8 Å². The number of esters is 1. The first-order valence-corrected chi connectivity index (χ1v) is 9.37. The summed E-state index contributed by atoms with van der Waals surface area (Å²) in [5, 5.41) is 15.0. The van der Waals surface area contributed by atoms with E-state index in [-0.39, 0.29) is 17.0 Å². The maximum atomic E-state index is 12.4. The highest BCUT2D eigenvalue weighted by Crippen LogP contribution is 2.23. The van der Waals surface area contributed by atoms with Crippen molar-refractivity contribution in [3.63, 3.8) is 0 Å². The molecule has 0 saturated heterocycles. The highest BCUT2D eigenvalue weighted by molar-refractivity contribution is 6.31. The van der Waals surface area contributed by atoms with Gasteiger partial charge in [-0.3, -0.25) is 14.9 Å². The van der Waals surface area contributed by atoms with Crippen LogP contribution in [0.2, 0.25) is 5.02 Å². The molecule has 0 aromatic heterocycles. The lowest BCUT2D eigenvalue weighted by Crippen LogP contribution is -2.17. The minimum atomic E-state index is -0.712. The van der Waals surface area contributed by atoms with Crippen molar-refractivity contribution in [1.29, 1.82) is 0 Å². The third-order valence-corrected chi connectivity index (χ3v) is 4.41. The monoisotopic (exact) mass is 437 g/mol. The molecular weight excluding hydrogens is 422 g/mol. The van der Waals surface area contributed by atoms with Crippen LogP contribution in [0, 0.1) is 17.0 Å². The number of nitrogens with one attached hydrogen (secondary N) is 1. The van der Waals surface area contributed by atoms with E-state index in [0.29, 0.717) is 16.1 Å². The molecule has 9 heteroatoms. The number of aryl methyl sites for hydroxylation is 1. The fourth-order valence-corrected chi connectivity index (χ4v) is 2.70. The number of benzene rings is 3. The van der Waals surface area contributed by atoms with Gasteiger partial charge in [-0.1, -0.05) is 29.3 Å². The van der Waals surface area contributed by atoms with Crippen molar-refractivity contribution in [2.24, 2.45) is 5.10 Å². The van der Waals surface area contributed by atoms with E-state index >= 15 is 0 Å². The van der Waals surface area contributed by atoms with Gasteiger partial charge < -0.3 is 4.74 Å². The van der Waals surface area contributed by atoms with Crippen LogP contribution in [0.1, 0.15) is 31.8 Å². The Morgan fingerprint density at radius 1 is 1.03 bits per heavy atom. The predicted molar refractivity (Wildman–Crippen MR) is 116 cm³/mol. The molecule has 0 spiro atoms. The van der Waals surface area contributed by atoms with Gasteiger partial charge in [-0.25, -0.2) is 10.2 Å². The number of nitro groups is 1. The molecule has 0 aliphatic rings. The molecule has 0 fully saturated rings. The van der Waals surface area contributed by atoms with E-state index < -0.39 is 16.8 Å². The number of halogens is 1. The normalized spacial score (nSPS) is 10.6. The molecule has 156 valence electrons. The van der Waals surface area contributed by atoms with Gasteiger partial charge in [0.15, 0.2) is 0 Å². The van der Waals surface area contributed by atoms with E-state index in [1.807, 2.05) is 19.1 Å². The van der Waals surface area contributed by atoms with Gasteiger partial charge in [0.1, 0.15) is 5.75 Å². The van der Waals surface area contributed by atoms with E-state index in [1.54, 1.807) is 12.1 Å². The van der Waals surface area contributed by atoms with E-state index in [9.17, 15) is 19.7 Å². The van der Waals surface area contributed by atoms with Crippen LogP contribution in [0.5, 0.6) is 5.75 Å². The quantitative estimate of drug-likeness (QED) is 0.200. The summed E-state index contributed by atoms with van der Waals surface area (Å²) >= 11 is 6.02. The summed E-state index contributed by atoms with van der Waals surface area (Å²) in [6.07, 6.45) is 1.30. The van der Waals surface area contributed by atoms with E-state index in [2.05, 4.69) is 10.5 Å². The number of carbonyl (C=O) groups is 2. The Labute approximate surface area is 182 Å². The molecule has 3 aromatic carbocycles. The van der Waals surface area contributed by atoms with Crippen molar-refractivity contribution in [3.8, 4) is 5.75 Å². The Bertz CT molecular complexity index is 1160. The van der Waals surface area contributed by atoms with Crippen molar-refractivity contribution in [1.82, 2.24) is 5.43 Å². The Hall–Kier alpha value is -4.04. The lowest BCUT2D eigenvalue weighted by molar-refractivity contribution is -0.384. The van der Waals surface area contributed by atoms with Gasteiger partial charge in [0.2, 0.25) is 0 Å². The molecule has 3 aromatic rings.